The van der Waals surface area contributed by atoms with E-state index in [1.165, 1.54) is 19.2 Å². The van der Waals surface area contributed by atoms with Crippen molar-refractivity contribution in [1.82, 2.24) is 4.90 Å². The Bertz CT molecular complexity index is 871. The van der Waals surface area contributed by atoms with Gasteiger partial charge < -0.3 is 21.1 Å². The number of halogens is 1. The molecule has 2 aromatic carbocycles. The molecule has 2 rings (SSSR count). The molecular formula is C19H21ClN4O4. The molecule has 4 N–H and O–H groups in total. The molecule has 0 unspecified atom stereocenters. The number of amides is 3. The minimum Gasteiger partial charge on any atom is -0.495 e. The number of nitrogens with two attached hydrogens (primary N) is 1. The summed E-state index contributed by atoms with van der Waals surface area (Å²) < 4.78 is 5.18. The van der Waals surface area contributed by atoms with E-state index >= 15 is 0 Å². The monoisotopic (exact) mass is 404 g/mol. The van der Waals surface area contributed by atoms with Crippen LogP contribution in [-0.4, -0.2) is 49.9 Å². The van der Waals surface area contributed by atoms with Gasteiger partial charge in [-0.15, -0.1) is 0 Å². The molecule has 0 saturated carbocycles. The zero-order valence-corrected chi connectivity index (χ0v) is 16.2. The van der Waals surface area contributed by atoms with Gasteiger partial charge in [-0.25, -0.2) is 0 Å². The number of rotatable bonds is 8. The van der Waals surface area contributed by atoms with Crippen molar-refractivity contribution in [2.75, 3.05) is 37.9 Å². The summed E-state index contributed by atoms with van der Waals surface area (Å²) in [7, 11) is 3.13. The van der Waals surface area contributed by atoms with E-state index in [-0.39, 0.29) is 24.9 Å². The first kappa shape index (κ1) is 21.2. The summed E-state index contributed by atoms with van der Waals surface area (Å²) >= 11 is 5.94. The fourth-order valence-electron chi connectivity index (χ4n) is 2.43. The molecule has 2 aromatic rings. The van der Waals surface area contributed by atoms with Crippen molar-refractivity contribution < 1.29 is 19.1 Å². The molecule has 0 bridgehead atoms. The predicted molar refractivity (Wildman–Crippen MR) is 108 cm³/mol. The molecule has 0 aliphatic carbocycles. The molecule has 0 aliphatic rings. The Hall–Kier alpha value is -3.10. The van der Waals surface area contributed by atoms with Crippen molar-refractivity contribution in [2.45, 2.75) is 0 Å². The van der Waals surface area contributed by atoms with Crippen molar-refractivity contribution in [3.63, 3.8) is 0 Å². The first-order valence-electron chi connectivity index (χ1n) is 8.30. The van der Waals surface area contributed by atoms with Crippen molar-refractivity contribution in [3.8, 4) is 5.75 Å². The molecular weight excluding hydrogens is 384 g/mol. The maximum atomic E-state index is 12.2. The van der Waals surface area contributed by atoms with Gasteiger partial charge in [-0.3, -0.25) is 19.3 Å². The number of methoxy groups -OCH3 is 1. The van der Waals surface area contributed by atoms with E-state index < -0.39 is 5.91 Å². The van der Waals surface area contributed by atoms with Crippen molar-refractivity contribution in [2.24, 2.45) is 5.73 Å². The minimum atomic E-state index is -0.542. The highest BCUT2D eigenvalue weighted by molar-refractivity contribution is 6.31. The Labute approximate surface area is 167 Å². The lowest BCUT2D eigenvalue weighted by Gasteiger charge is -2.17. The number of benzene rings is 2. The molecule has 9 heteroatoms. The van der Waals surface area contributed by atoms with Gasteiger partial charge in [0.2, 0.25) is 17.7 Å². The number of hydrogen-bond donors (Lipinski definition) is 3. The number of primary amides is 1. The average molecular weight is 405 g/mol. The van der Waals surface area contributed by atoms with E-state index in [2.05, 4.69) is 10.6 Å². The first-order valence-corrected chi connectivity index (χ1v) is 8.68. The molecule has 0 fully saturated rings. The van der Waals surface area contributed by atoms with Gasteiger partial charge in [0.15, 0.2) is 0 Å². The highest BCUT2D eigenvalue weighted by Gasteiger charge is 2.13. The molecule has 0 aromatic heterocycles. The molecule has 0 atom stereocenters. The van der Waals surface area contributed by atoms with E-state index in [1.54, 1.807) is 42.3 Å². The summed E-state index contributed by atoms with van der Waals surface area (Å²) in [6.07, 6.45) is 0. The van der Waals surface area contributed by atoms with E-state index in [1.807, 2.05) is 0 Å². The van der Waals surface area contributed by atoms with E-state index in [9.17, 15) is 14.4 Å². The molecule has 0 saturated heterocycles. The Kier molecular flexibility index (Phi) is 7.36. The van der Waals surface area contributed by atoms with Crippen LogP contribution in [-0.2, 0) is 9.59 Å². The normalized spacial score (nSPS) is 10.4. The van der Waals surface area contributed by atoms with Gasteiger partial charge in [0.05, 0.1) is 25.9 Å². The zero-order chi connectivity index (χ0) is 20.7. The van der Waals surface area contributed by atoms with Crippen molar-refractivity contribution in [1.29, 1.82) is 0 Å². The highest BCUT2D eigenvalue weighted by Crippen LogP contribution is 2.27. The number of likely N-dealkylation sites (N-methyl/N-ethyl adjacent to an activating group) is 1. The third kappa shape index (κ3) is 6.26. The highest BCUT2D eigenvalue weighted by atomic mass is 35.5. The van der Waals surface area contributed by atoms with Crippen LogP contribution >= 0.6 is 11.6 Å². The van der Waals surface area contributed by atoms with Crippen LogP contribution in [0.25, 0.3) is 0 Å². The van der Waals surface area contributed by atoms with Crippen LogP contribution in [0.2, 0.25) is 5.02 Å². The van der Waals surface area contributed by atoms with Crippen LogP contribution in [0.1, 0.15) is 10.4 Å². The minimum absolute atomic E-state index is 0.00231. The van der Waals surface area contributed by atoms with Gasteiger partial charge >= 0.3 is 0 Å². The predicted octanol–water partition coefficient (Wildman–Crippen LogP) is 1.96. The number of anilines is 2. The average Bonchev–Trinajstić information content (AvgIpc) is 2.61. The summed E-state index contributed by atoms with van der Waals surface area (Å²) in [6, 6.07) is 11.1. The third-order valence-electron chi connectivity index (χ3n) is 3.72. The van der Waals surface area contributed by atoms with Gasteiger partial charge in [0, 0.05) is 16.3 Å². The number of nitrogens with zero attached hydrogens (tertiary/aromatic N) is 1. The summed E-state index contributed by atoms with van der Waals surface area (Å²) in [5, 5.41) is 5.86. The van der Waals surface area contributed by atoms with Gasteiger partial charge in [-0.1, -0.05) is 11.6 Å². The Morgan fingerprint density at radius 2 is 1.64 bits per heavy atom. The topological polar surface area (TPSA) is 114 Å². The SMILES string of the molecule is COc1ccc(Cl)cc1NC(=O)CN(C)CC(=O)Nc1ccc(C(N)=O)cc1. The molecule has 3 amide bonds. The lowest BCUT2D eigenvalue weighted by atomic mass is 10.2. The summed E-state index contributed by atoms with van der Waals surface area (Å²) in [5.41, 5.74) is 6.50. The van der Waals surface area contributed by atoms with Crippen LogP contribution in [0, 0.1) is 0 Å². The Balaban J connectivity index is 1.86. The van der Waals surface area contributed by atoms with Crippen LogP contribution < -0.4 is 21.1 Å². The first-order chi connectivity index (χ1) is 13.3. The second kappa shape index (κ2) is 9.72. The van der Waals surface area contributed by atoms with Crippen molar-refractivity contribution >= 4 is 40.7 Å². The summed E-state index contributed by atoms with van der Waals surface area (Å²) in [4.78, 5) is 36.9. The summed E-state index contributed by atoms with van der Waals surface area (Å²) in [6.45, 7) is -0.0125. The largest absolute Gasteiger partial charge is 0.495 e. The lowest BCUT2D eigenvalue weighted by Crippen LogP contribution is -2.36. The molecule has 28 heavy (non-hydrogen) atoms. The van der Waals surface area contributed by atoms with Crippen LogP contribution in [0.4, 0.5) is 11.4 Å². The molecule has 148 valence electrons. The number of nitrogens with one attached hydrogen (secondary N) is 2. The number of hydrogen-bond acceptors (Lipinski definition) is 5. The molecule has 0 spiro atoms. The molecule has 0 radical (unpaired) electrons. The van der Waals surface area contributed by atoms with Gasteiger partial charge in [0.25, 0.3) is 0 Å². The lowest BCUT2D eigenvalue weighted by molar-refractivity contribution is -0.119. The zero-order valence-electron chi connectivity index (χ0n) is 15.5. The number of ether oxygens (including phenoxy) is 1. The molecule has 0 aliphatic heterocycles. The molecule has 0 heterocycles. The van der Waals surface area contributed by atoms with Crippen LogP contribution in [0.3, 0.4) is 0 Å². The third-order valence-corrected chi connectivity index (χ3v) is 3.95. The maximum Gasteiger partial charge on any atom is 0.248 e. The van der Waals surface area contributed by atoms with Gasteiger partial charge in [-0.2, -0.15) is 0 Å². The van der Waals surface area contributed by atoms with Crippen LogP contribution in [0.5, 0.6) is 5.75 Å². The van der Waals surface area contributed by atoms with E-state index in [0.717, 1.165) is 0 Å². The Morgan fingerprint density at radius 1 is 1.04 bits per heavy atom. The van der Waals surface area contributed by atoms with Gasteiger partial charge in [-0.05, 0) is 49.5 Å². The smallest absolute Gasteiger partial charge is 0.248 e. The summed E-state index contributed by atoms with van der Waals surface area (Å²) in [5.74, 6) is -0.679. The fourth-order valence-corrected chi connectivity index (χ4v) is 2.60. The second-order valence-electron chi connectivity index (χ2n) is 6.05. The second-order valence-corrected chi connectivity index (χ2v) is 6.49. The Morgan fingerprint density at radius 3 is 2.21 bits per heavy atom. The van der Waals surface area contributed by atoms with Gasteiger partial charge in [0.1, 0.15) is 5.75 Å². The standard InChI is InChI=1S/C19H21ClN4O4/c1-24(10-17(25)22-14-6-3-12(4-7-14)19(21)27)11-18(26)23-15-9-13(20)5-8-16(15)28-2/h3-9H,10-11H2,1-2H3,(H2,21,27)(H,22,25)(H,23,26). The fraction of sp³-hybridized carbons (Fsp3) is 0.211. The van der Waals surface area contributed by atoms with E-state index in [4.69, 9.17) is 22.1 Å². The van der Waals surface area contributed by atoms with Crippen molar-refractivity contribution in [3.05, 3.63) is 53.1 Å². The maximum absolute atomic E-state index is 12.2. The molecule has 8 nitrogen and oxygen atoms in total. The van der Waals surface area contributed by atoms with E-state index in [0.29, 0.717) is 27.7 Å². The number of carbonyl (C=O) groups is 3. The number of carbonyl (C=O) groups excluding carboxylic acids is 3. The quantitative estimate of drug-likeness (QED) is 0.622. The van der Waals surface area contributed by atoms with Crippen LogP contribution in [0.15, 0.2) is 42.5 Å².